The van der Waals surface area contributed by atoms with Crippen molar-refractivity contribution in [1.82, 2.24) is 19.4 Å². The minimum Gasteiger partial charge on any atom is -0.443 e. The highest BCUT2D eigenvalue weighted by Gasteiger charge is 2.22. The zero-order valence-corrected chi connectivity index (χ0v) is 19.7. The largest absolute Gasteiger partial charge is 0.443 e. The number of aryl methyl sites for hydroxylation is 1. The van der Waals surface area contributed by atoms with Gasteiger partial charge in [-0.3, -0.25) is 19.1 Å². The summed E-state index contributed by atoms with van der Waals surface area (Å²) in [5.41, 5.74) is 4.21. The van der Waals surface area contributed by atoms with Gasteiger partial charge in [0, 0.05) is 60.8 Å². The van der Waals surface area contributed by atoms with Crippen LogP contribution in [0.4, 0.5) is 10.6 Å². The molecule has 33 heavy (non-hydrogen) atoms. The van der Waals surface area contributed by atoms with Crippen LogP contribution < -0.4 is 4.90 Å². The Kier molecular flexibility index (Phi) is 5.61. The highest BCUT2D eigenvalue weighted by Crippen LogP contribution is 2.32. The van der Waals surface area contributed by atoms with Gasteiger partial charge in [-0.1, -0.05) is 6.92 Å². The van der Waals surface area contributed by atoms with Gasteiger partial charge in [0.25, 0.3) is 0 Å². The molecular formula is C25H27N5O3. The van der Waals surface area contributed by atoms with Gasteiger partial charge in [-0.05, 0) is 45.4 Å². The van der Waals surface area contributed by atoms with Crippen molar-refractivity contribution in [1.29, 1.82) is 0 Å². The van der Waals surface area contributed by atoms with Gasteiger partial charge in [-0.25, -0.2) is 14.8 Å². The summed E-state index contributed by atoms with van der Waals surface area (Å²) in [4.78, 5) is 39.4. The summed E-state index contributed by atoms with van der Waals surface area (Å²) in [6.45, 7) is 9.26. The molecule has 0 aromatic carbocycles. The van der Waals surface area contributed by atoms with Crippen molar-refractivity contribution in [2.45, 2.75) is 46.6 Å². The number of hydrogen-bond acceptors (Lipinski definition) is 6. The second kappa shape index (κ2) is 8.27. The Hall–Kier alpha value is -3.81. The molecule has 4 aromatic heterocycles. The lowest BCUT2D eigenvalue weighted by atomic mass is 10.0. The number of rotatable bonds is 4. The van der Waals surface area contributed by atoms with Crippen LogP contribution in [0.3, 0.4) is 0 Å². The Morgan fingerprint density at radius 1 is 1.06 bits per heavy atom. The molecule has 0 aliphatic rings. The highest BCUT2D eigenvalue weighted by molar-refractivity contribution is 5.97. The fraction of sp³-hybridized carbons (Fsp3) is 0.320. The Morgan fingerprint density at radius 3 is 2.48 bits per heavy atom. The lowest BCUT2D eigenvalue weighted by Crippen LogP contribution is -2.34. The molecule has 4 heterocycles. The van der Waals surface area contributed by atoms with E-state index in [9.17, 15) is 9.59 Å². The molecule has 0 atom stereocenters. The van der Waals surface area contributed by atoms with Crippen LogP contribution in [0.1, 0.15) is 50.2 Å². The molecule has 0 N–H and O–H groups in total. The maximum Gasteiger partial charge on any atom is 0.415 e. The Balaban J connectivity index is 1.81. The van der Waals surface area contributed by atoms with Crippen molar-refractivity contribution in [3.8, 4) is 11.1 Å². The van der Waals surface area contributed by atoms with Crippen LogP contribution in [0.25, 0.3) is 27.7 Å². The molecule has 0 bridgehead atoms. The standard InChI is InChI=1S/C25H27N5O3/c1-7-21(31)19-10-15(2)18(14-27-19)17-11-16-13-28-22(29(6)24(32)33-25(3,4)5)12-20(16)30-9-8-26-23(17)30/h8-14H,7H2,1-6H3. The number of nitrogens with zero attached hydrogens (tertiary/aromatic N) is 5. The predicted octanol–water partition coefficient (Wildman–Crippen LogP) is 5.22. The molecule has 8 heteroatoms. The van der Waals surface area contributed by atoms with Gasteiger partial charge in [-0.2, -0.15) is 0 Å². The number of Topliss-reactive ketones (excluding diaryl/α,β-unsaturated/α-hetero) is 1. The van der Waals surface area contributed by atoms with E-state index in [1.54, 1.807) is 25.6 Å². The van der Waals surface area contributed by atoms with E-state index >= 15 is 0 Å². The summed E-state index contributed by atoms with van der Waals surface area (Å²) in [5, 5.41) is 0.880. The first-order chi connectivity index (χ1) is 15.6. The SMILES string of the molecule is CCC(=O)c1cc(C)c(-c2cc3cnc(N(C)C(=O)OC(C)(C)C)cc3n3ccnc23)cn1. The molecular weight excluding hydrogens is 418 g/mol. The average molecular weight is 446 g/mol. The lowest BCUT2D eigenvalue weighted by molar-refractivity contribution is 0.0588. The summed E-state index contributed by atoms with van der Waals surface area (Å²) < 4.78 is 7.42. The van der Waals surface area contributed by atoms with Gasteiger partial charge in [0.05, 0.1) is 5.52 Å². The smallest absolute Gasteiger partial charge is 0.415 e. The van der Waals surface area contributed by atoms with Crippen LogP contribution >= 0.6 is 0 Å². The molecule has 0 saturated carbocycles. The third kappa shape index (κ3) is 4.28. The van der Waals surface area contributed by atoms with E-state index in [-0.39, 0.29) is 5.78 Å². The quantitative estimate of drug-likeness (QED) is 0.400. The van der Waals surface area contributed by atoms with Gasteiger partial charge in [0.2, 0.25) is 0 Å². The van der Waals surface area contributed by atoms with E-state index < -0.39 is 11.7 Å². The van der Waals surface area contributed by atoms with Gasteiger partial charge >= 0.3 is 6.09 Å². The first kappa shape index (κ1) is 22.4. The molecule has 4 aromatic rings. The van der Waals surface area contributed by atoms with E-state index in [4.69, 9.17) is 4.74 Å². The molecule has 0 aliphatic heterocycles. The molecule has 1 amide bonds. The summed E-state index contributed by atoms with van der Waals surface area (Å²) in [5.74, 6) is 0.486. The van der Waals surface area contributed by atoms with Crippen LogP contribution in [0, 0.1) is 6.92 Å². The number of carbonyl (C=O) groups is 2. The second-order valence-corrected chi connectivity index (χ2v) is 8.98. The predicted molar refractivity (Wildman–Crippen MR) is 128 cm³/mol. The lowest BCUT2D eigenvalue weighted by Gasteiger charge is -2.24. The maximum absolute atomic E-state index is 12.5. The third-order valence-corrected chi connectivity index (χ3v) is 5.36. The minimum absolute atomic E-state index is 0.0138. The Morgan fingerprint density at radius 2 is 1.82 bits per heavy atom. The fourth-order valence-corrected chi connectivity index (χ4v) is 3.66. The summed E-state index contributed by atoms with van der Waals surface area (Å²) >= 11 is 0. The first-order valence-electron chi connectivity index (χ1n) is 10.8. The van der Waals surface area contributed by atoms with E-state index in [0.717, 1.165) is 33.2 Å². The summed E-state index contributed by atoms with van der Waals surface area (Å²) in [7, 11) is 1.63. The van der Waals surface area contributed by atoms with Crippen molar-refractivity contribution < 1.29 is 14.3 Å². The van der Waals surface area contributed by atoms with Crippen LogP contribution in [0.2, 0.25) is 0 Å². The summed E-state index contributed by atoms with van der Waals surface area (Å²) in [6.07, 6.45) is 7.00. The molecule has 170 valence electrons. The number of amides is 1. The molecule has 8 nitrogen and oxygen atoms in total. The van der Waals surface area contributed by atoms with E-state index in [1.807, 2.05) is 63.4 Å². The van der Waals surface area contributed by atoms with Gasteiger partial charge in [0.15, 0.2) is 5.78 Å². The van der Waals surface area contributed by atoms with Crippen LogP contribution in [-0.2, 0) is 4.74 Å². The maximum atomic E-state index is 12.5. The number of aromatic nitrogens is 4. The summed E-state index contributed by atoms with van der Waals surface area (Å²) in [6, 6.07) is 5.67. The van der Waals surface area contributed by atoms with Crippen molar-refractivity contribution in [3.05, 3.63) is 54.2 Å². The Labute approximate surface area is 192 Å². The molecule has 0 unspecified atom stereocenters. The van der Waals surface area contributed by atoms with Crippen molar-refractivity contribution in [2.24, 2.45) is 0 Å². The van der Waals surface area contributed by atoms with Gasteiger partial charge < -0.3 is 4.74 Å². The average Bonchev–Trinajstić information content (AvgIpc) is 3.26. The number of anilines is 1. The molecule has 0 saturated heterocycles. The van der Waals surface area contributed by atoms with Gasteiger partial charge in [-0.15, -0.1) is 0 Å². The number of pyridine rings is 3. The van der Waals surface area contributed by atoms with Crippen LogP contribution in [-0.4, -0.2) is 43.9 Å². The van der Waals surface area contributed by atoms with Crippen LogP contribution in [0.15, 0.2) is 43.0 Å². The fourth-order valence-electron chi connectivity index (χ4n) is 3.66. The molecule has 0 aliphatic carbocycles. The molecule has 0 radical (unpaired) electrons. The highest BCUT2D eigenvalue weighted by atomic mass is 16.6. The second-order valence-electron chi connectivity index (χ2n) is 8.98. The van der Waals surface area contributed by atoms with Crippen molar-refractivity contribution in [3.63, 3.8) is 0 Å². The number of ether oxygens (including phenoxy) is 1. The number of fused-ring (bicyclic) bond motifs is 3. The van der Waals surface area contributed by atoms with Crippen molar-refractivity contribution in [2.75, 3.05) is 11.9 Å². The van der Waals surface area contributed by atoms with Gasteiger partial charge in [0.1, 0.15) is 22.8 Å². The number of carbonyl (C=O) groups excluding carboxylic acids is 2. The minimum atomic E-state index is -0.599. The van der Waals surface area contributed by atoms with Crippen molar-refractivity contribution >= 4 is 34.2 Å². The Bertz CT molecular complexity index is 1380. The third-order valence-electron chi connectivity index (χ3n) is 5.36. The molecule has 0 fully saturated rings. The van der Waals surface area contributed by atoms with E-state index in [1.165, 1.54) is 4.90 Å². The zero-order valence-electron chi connectivity index (χ0n) is 19.7. The molecule has 4 rings (SSSR count). The molecule has 0 spiro atoms. The zero-order chi connectivity index (χ0) is 23.9. The number of hydrogen-bond donors (Lipinski definition) is 0. The normalized spacial score (nSPS) is 11.7. The van der Waals surface area contributed by atoms with E-state index in [0.29, 0.717) is 17.9 Å². The first-order valence-corrected chi connectivity index (χ1v) is 10.8. The number of ketones is 1. The van der Waals surface area contributed by atoms with E-state index in [2.05, 4.69) is 15.0 Å². The topological polar surface area (TPSA) is 89.7 Å². The monoisotopic (exact) mass is 445 g/mol. The van der Waals surface area contributed by atoms with Crippen LogP contribution in [0.5, 0.6) is 0 Å². The number of imidazole rings is 1.